The van der Waals surface area contributed by atoms with Gasteiger partial charge < -0.3 is 0 Å². The van der Waals surface area contributed by atoms with Crippen molar-refractivity contribution in [2.24, 2.45) is 0 Å². The van der Waals surface area contributed by atoms with Crippen molar-refractivity contribution in [1.82, 2.24) is 0 Å². The largest absolute Gasteiger partial charge is 0.385 e. The molecule has 1 rings (SSSR count). The Balaban J connectivity index is 3.60. The topological polar surface area (TPSA) is 26.3 Å². The number of carbonyl (C=O) groups is 1. The molecule has 0 amide bonds. The molecule has 0 atom stereocenters. The van der Waals surface area contributed by atoms with Crippen LogP contribution >= 0.6 is 0 Å². The summed E-state index contributed by atoms with van der Waals surface area (Å²) in [4.78, 5) is 12.7. The van der Waals surface area contributed by atoms with E-state index < -0.39 is 40.6 Å². The van der Waals surface area contributed by atoms with Gasteiger partial charge in [0, 0.05) is 4.53 Å². The van der Waals surface area contributed by atoms with E-state index in [1.165, 1.54) is 0 Å². The first-order chi connectivity index (χ1) is 6.91. The zero-order valence-corrected chi connectivity index (χ0v) is 6.58. The quantitative estimate of drug-likeness (QED) is 0.420. The van der Waals surface area contributed by atoms with E-state index in [0.29, 0.717) is 0 Å². The molecule has 0 saturated carbocycles. The lowest BCUT2D eigenvalue weighted by Crippen LogP contribution is -2.12. The molecule has 0 N–H and O–H groups in total. The van der Waals surface area contributed by atoms with Gasteiger partial charge in [-0.1, -0.05) is 0 Å². The smallest absolute Gasteiger partial charge is 0.249 e. The minimum atomic E-state index is -2.44. The van der Waals surface area contributed by atoms with E-state index in [1.807, 2.05) is 0 Å². The lowest BCUT2D eigenvalue weighted by Gasteiger charge is -2.03. The Morgan fingerprint density at radius 1 is 0.800 bits per heavy atom. The highest BCUT2D eigenvalue weighted by Crippen LogP contribution is 2.23. The van der Waals surface area contributed by atoms with Crippen LogP contribution in [-0.4, -0.2) is 5.97 Å². The van der Waals surface area contributed by atoms with Crippen molar-refractivity contribution in [2.75, 3.05) is 0 Å². The third-order valence-electron chi connectivity index (χ3n) is 1.48. The van der Waals surface area contributed by atoms with Crippen LogP contribution in [0.3, 0.4) is 0 Å². The number of halogens is 6. The summed E-state index contributed by atoms with van der Waals surface area (Å²) in [5.74, 6) is -14.4. The monoisotopic (exact) mass is 230 g/mol. The highest BCUT2D eigenvalue weighted by molar-refractivity contribution is 5.89. The molecular weight excluding hydrogens is 230 g/mol. The summed E-state index contributed by atoms with van der Waals surface area (Å²) in [7, 11) is 0. The van der Waals surface area contributed by atoms with E-state index in [1.54, 1.807) is 0 Å². The van der Waals surface area contributed by atoms with Crippen molar-refractivity contribution in [3.8, 4) is 0 Å². The van der Waals surface area contributed by atoms with Gasteiger partial charge in [0.25, 0.3) is 0 Å². The molecule has 1 aromatic rings. The standard InChI is InChI=1S/C7F6O2/c8-2-1(7(14)15-13)3(9)5(11)6(12)4(2)10. The molecule has 8 heteroatoms. The van der Waals surface area contributed by atoms with E-state index in [9.17, 15) is 31.3 Å². The predicted molar refractivity (Wildman–Crippen MR) is 32.8 cm³/mol. The molecule has 0 saturated heterocycles. The Morgan fingerprint density at radius 2 is 1.13 bits per heavy atom. The lowest BCUT2D eigenvalue weighted by molar-refractivity contribution is -0.0797. The van der Waals surface area contributed by atoms with Crippen LogP contribution in [0.4, 0.5) is 26.5 Å². The molecule has 0 radical (unpaired) electrons. The summed E-state index contributed by atoms with van der Waals surface area (Å²) in [6.45, 7) is 0. The SMILES string of the molecule is O=C(OF)c1c(F)c(F)c(F)c(F)c1F. The van der Waals surface area contributed by atoms with Crippen LogP contribution in [0.1, 0.15) is 10.4 Å². The Labute approximate surface area is 78.0 Å². The number of carbonyl (C=O) groups excluding carboxylic acids is 1. The first kappa shape index (κ1) is 11.3. The third-order valence-corrected chi connectivity index (χ3v) is 1.48. The van der Waals surface area contributed by atoms with E-state index >= 15 is 0 Å². The van der Waals surface area contributed by atoms with E-state index in [0.717, 1.165) is 0 Å². The van der Waals surface area contributed by atoms with Crippen molar-refractivity contribution < 1.29 is 36.2 Å². The highest BCUT2D eigenvalue weighted by Gasteiger charge is 2.31. The minimum absolute atomic E-state index is 1.98. The van der Waals surface area contributed by atoms with Crippen molar-refractivity contribution >= 4 is 5.97 Å². The first-order valence-electron chi connectivity index (χ1n) is 3.26. The number of hydrogen-bond acceptors (Lipinski definition) is 2. The summed E-state index contributed by atoms with van der Waals surface area (Å²) >= 11 is 0. The second-order valence-electron chi connectivity index (χ2n) is 2.31. The third kappa shape index (κ3) is 1.62. The normalized spacial score (nSPS) is 10.3. The van der Waals surface area contributed by atoms with E-state index in [-0.39, 0.29) is 0 Å². The maximum absolute atomic E-state index is 12.7. The lowest BCUT2D eigenvalue weighted by atomic mass is 10.1. The number of rotatable bonds is 1. The summed E-state index contributed by atoms with van der Waals surface area (Å²) in [6, 6.07) is 0. The van der Waals surface area contributed by atoms with Crippen molar-refractivity contribution in [3.63, 3.8) is 0 Å². The zero-order valence-electron chi connectivity index (χ0n) is 6.58. The molecule has 0 spiro atoms. The van der Waals surface area contributed by atoms with Gasteiger partial charge in [-0.15, -0.1) is 0 Å². The average molecular weight is 230 g/mol. The second kappa shape index (κ2) is 3.79. The molecule has 2 nitrogen and oxygen atoms in total. The Bertz CT molecular complexity index is 401. The molecule has 0 aliphatic carbocycles. The zero-order chi connectivity index (χ0) is 11.7. The molecule has 0 aliphatic rings. The van der Waals surface area contributed by atoms with Crippen LogP contribution in [0.5, 0.6) is 0 Å². The molecule has 1 aromatic carbocycles. The molecule has 15 heavy (non-hydrogen) atoms. The summed E-state index contributed by atoms with van der Waals surface area (Å²) in [5.41, 5.74) is -1.98. The molecular formula is C7F6O2. The average Bonchev–Trinajstić information content (AvgIpc) is 2.23. The molecule has 82 valence electrons. The van der Waals surface area contributed by atoms with Gasteiger partial charge in [-0.3, -0.25) is 0 Å². The molecule has 0 heterocycles. The fourth-order valence-electron chi connectivity index (χ4n) is 0.823. The number of hydrogen-bond donors (Lipinski definition) is 0. The van der Waals surface area contributed by atoms with Gasteiger partial charge in [-0.2, -0.15) is 0 Å². The van der Waals surface area contributed by atoms with Crippen molar-refractivity contribution in [3.05, 3.63) is 34.6 Å². The second-order valence-corrected chi connectivity index (χ2v) is 2.31. The highest BCUT2D eigenvalue weighted by atomic mass is 19.3. The van der Waals surface area contributed by atoms with Crippen molar-refractivity contribution in [1.29, 1.82) is 0 Å². The molecule has 0 unspecified atom stereocenters. The van der Waals surface area contributed by atoms with Crippen LogP contribution in [0.2, 0.25) is 0 Å². The van der Waals surface area contributed by atoms with Gasteiger partial charge in [0.05, 0.1) is 0 Å². The van der Waals surface area contributed by atoms with Crippen LogP contribution < -0.4 is 0 Å². The Kier molecular flexibility index (Phi) is 2.87. The predicted octanol–water partition coefficient (Wildman–Crippen LogP) is 2.42. The first-order valence-corrected chi connectivity index (χ1v) is 3.26. The van der Waals surface area contributed by atoms with Crippen molar-refractivity contribution in [2.45, 2.75) is 0 Å². The van der Waals surface area contributed by atoms with Gasteiger partial charge in [-0.05, 0) is 0 Å². The maximum Gasteiger partial charge on any atom is 0.385 e. The maximum atomic E-state index is 12.7. The molecule has 0 aliphatic heterocycles. The molecule has 0 fully saturated rings. The van der Waals surface area contributed by atoms with E-state index in [2.05, 4.69) is 4.94 Å². The Hall–Kier alpha value is -1.73. The van der Waals surface area contributed by atoms with Gasteiger partial charge in [0.15, 0.2) is 23.3 Å². The van der Waals surface area contributed by atoms with Gasteiger partial charge in [0.1, 0.15) is 5.56 Å². The molecule has 0 bridgehead atoms. The fourth-order valence-corrected chi connectivity index (χ4v) is 0.823. The van der Waals surface area contributed by atoms with E-state index in [4.69, 9.17) is 0 Å². The fraction of sp³-hybridized carbons (Fsp3) is 0. The van der Waals surface area contributed by atoms with Gasteiger partial charge in [-0.25, -0.2) is 31.7 Å². The summed E-state index contributed by atoms with van der Waals surface area (Å²) in [6.07, 6.45) is 0. The summed E-state index contributed by atoms with van der Waals surface area (Å²) in [5, 5.41) is 0. The molecule has 0 aromatic heterocycles. The minimum Gasteiger partial charge on any atom is -0.249 e. The summed E-state index contributed by atoms with van der Waals surface area (Å²) < 4.78 is 73.8. The van der Waals surface area contributed by atoms with Crippen LogP contribution in [0.15, 0.2) is 0 Å². The van der Waals surface area contributed by atoms with Crippen LogP contribution in [0, 0.1) is 29.1 Å². The Morgan fingerprint density at radius 3 is 1.47 bits per heavy atom. The van der Waals surface area contributed by atoms with Crippen LogP contribution in [-0.2, 0) is 4.94 Å². The van der Waals surface area contributed by atoms with Gasteiger partial charge in [0.2, 0.25) is 5.82 Å². The van der Waals surface area contributed by atoms with Gasteiger partial charge >= 0.3 is 5.97 Å². The van der Waals surface area contributed by atoms with Crippen LogP contribution in [0.25, 0.3) is 0 Å². The number of benzene rings is 1.